The Hall–Kier alpha value is -1.71. The molecular weight excluding hydrogens is 296 g/mol. The summed E-state index contributed by atoms with van der Waals surface area (Å²) in [7, 11) is -3.91. The number of nitro benzene ring substituents is 1. The van der Waals surface area contributed by atoms with Crippen molar-refractivity contribution < 1.29 is 13.3 Å². The molecule has 1 aliphatic heterocycles. The molecule has 1 unspecified atom stereocenters. The highest BCUT2D eigenvalue weighted by Gasteiger charge is 2.35. The van der Waals surface area contributed by atoms with E-state index in [1.165, 1.54) is 22.5 Å². The first-order chi connectivity index (χ1) is 9.87. The highest BCUT2D eigenvalue weighted by Crippen LogP contribution is 2.34. The van der Waals surface area contributed by atoms with Gasteiger partial charge < -0.3 is 5.43 Å². The fourth-order valence-corrected chi connectivity index (χ4v) is 4.32. The SMILES string of the molecule is CC1CCCN(S(=O)(=O)c2cccc(NN)c2[N+](=O)[O-])C1. The minimum Gasteiger partial charge on any atom is -0.318 e. The molecule has 3 N–H and O–H groups in total. The third-order valence-electron chi connectivity index (χ3n) is 3.57. The van der Waals surface area contributed by atoms with Gasteiger partial charge in [0.25, 0.3) is 0 Å². The Morgan fingerprint density at radius 1 is 1.48 bits per heavy atom. The van der Waals surface area contributed by atoms with Gasteiger partial charge in [-0.25, -0.2) is 8.42 Å². The maximum atomic E-state index is 12.7. The molecule has 1 saturated heterocycles. The second-order valence-electron chi connectivity index (χ2n) is 5.16. The molecule has 1 atom stereocenters. The largest absolute Gasteiger partial charge is 0.318 e. The predicted octanol–water partition coefficient (Wildman–Crippen LogP) is 1.30. The van der Waals surface area contributed by atoms with Crippen LogP contribution in [-0.4, -0.2) is 30.7 Å². The number of nitrogens with one attached hydrogen (secondary N) is 1. The van der Waals surface area contributed by atoms with Crippen molar-refractivity contribution in [1.82, 2.24) is 4.31 Å². The van der Waals surface area contributed by atoms with Gasteiger partial charge in [0.05, 0.1) is 4.92 Å². The van der Waals surface area contributed by atoms with Gasteiger partial charge in [-0.1, -0.05) is 13.0 Å². The van der Waals surface area contributed by atoms with Crippen molar-refractivity contribution in [3.63, 3.8) is 0 Å². The molecule has 0 aromatic heterocycles. The van der Waals surface area contributed by atoms with E-state index in [4.69, 9.17) is 5.84 Å². The molecule has 1 aliphatic rings. The van der Waals surface area contributed by atoms with Crippen molar-refractivity contribution >= 4 is 21.4 Å². The number of nitrogens with zero attached hydrogens (tertiary/aromatic N) is 2. The van der Waals surface area contributed by atoms with Gasteiger partial charge in [0, 0.05) is 13.1 Å². The quantitative estimate of drug-likeness (QED) is 0.491. The van der Waals surface area contributed by atoms with E-state index in [9.17, 15) is 18.5 Å². The Morgan fingerprint density at radius 3 is 2.76 bits per heavy atom. The van der Waals surface area contributed by atoms with E-state index in [2.05, 4.69) is 5.43 Å². The first-order valence-electron chi connectivity index (χ1n) is 6.62. The molecule has 2 rings (SSSR count). The van der Waals surface area contributed by atoms with Crippen LogP contribution >= 0.6 is 0 Å². The van der Waals surface area contributed by atoms with Crippen LogP contribution in [0.15, 0.2) is 23.1 Å². The lowest BCUT2D eigenvalue weighted by molar-refractivity contribution is -0.386. The molecule has 9 heteroatoms. The highest BCUT2D eigenvalue weighted by atomic mass is 32.2. The molecule has 1 aromatic rings. The number of sulfonamides is 1. The average Bonchev–Trinajstić information content (AvgIpc) is 2.46. The van der Waals surface area contributed by atoms with Gasteiger partial charge in [0.15, 0.2) is 4.90 Å². The summed E-state index contributed by atoms with van der Waals surface area (Å²) in [4.78, 5) is 10.2. The van der Waals surface area contributed by atoms with Gasteiger partial charge in [-0.15, -0.1) is 0 Å². The second kappa shape index (κ2) is 5.96. The minimum atomic E-state index is -3.91. The monoisotopic (exact) mass is 314 g/mol. The van der Waals surface area contributed by atoms with Crippen LogP contribution in [0.5, 0.6) is 0 Å². The van der Waals surface area contributed by atoms with Crippen LogP contribution < -0.4 is 11.3 Å². The number of benzene rings is 1. The van der Waals surface area contributed by atoms with Crippen molar-refractivity contribution in [1.29, 1.82) is 0 Å². The first kappa shape index (κ1) is 15.7. The van der Waals surface area contributed by atoms with Crippen LogP contribution in [0.1, 0.15) is 19.8 Å². The number of nitrogen functional groups attached to an aromatic ring is 1. The van der Waals surface area contributed by atoms with E-state index >= 15 is 0 Å². The van der Waals surface area contributed by atoms with Gasteiger partial charge in [0.1, 0.15) is 5.69 Å². The van der Waals surface area contributed by atoms with Gasteiger partial charge in [-0.3, -0.25) is 16.0 Å². The van der Waals surface area contributed by atoms with Crippen molar-refractivity contribution in [3.05, 3.63) is 28.3 Å². The lowest BCUT2D eigenvalue weighted by Gasteiger charge is -2.29. The summed E-state index contributed by atoms with van der Waals surface area (Å²) in [6.45, 7) is 2.72. The summed E-state index contributed by atoms with van der Waals surface area (Å²) < 4.78 is 26.7. The number of para-hydroxylation sites is 1. The molecule has 0 aliphatic carbocycles. The maximum absolute atomic E-state index is 12.7. The number of nitrogens with two attached hydrogens (primary N) is 1. The Bertz CT molecular complexity index is 647. The van der Waals surface area contributed by atoms with Crippen molar-refractivity contribution in [2.24, 2.45) is 11.8 Å². The standard InChI is InChI=1S/C12H18N4O4S/c1-9-4-3-7-15(8-9)21(19,20)11-6-2-5-10(14-13)12(11)16(17)18/h2,5-6,9,14H,3-4,7-8,13H2,1H3. The van der Waals surface area contributed by atoms with Crippen molar-refractivity contribution in [2.75, 3.05) is 18.5 Å². The maximum Gasteiger partial charge on any atom is 0.313 e. The summed E-state index contributed by atoms with van der Waals surface area (Å²) in [6, 6.07) is 4.05. The smallest absolute Gasteiger partial charge is 0.313 e. The molecule has 1 heterocycles. The van der Waals surface area contributed by atoms with Crippen LogP contribution in [0.25, 0.3) is 0 Å². The second-order valence-corrected chi connectivity index (χ2v) is 7.07. The molecule has 0 radical (unpaired) electrons. The molecular formula is C12H18N4O4S. The fraction of sp³-hybridized carbons (Fsp3) is 0.500. The molecule has 0 spiro atoms. The van der Waals surface area contributed by atoms with E-state index in [0.717, 1.165) is 12.8 Å². The summed E-state index contributed by atoms with van der Waals surface area (Å²) >= 11 is 0. The predicted molar refractivity (Wildman–Crippen MR) is 78.1 cm³/mol. The van der Waals surface area contributed by atoms with E-state index in [0.29, 0.717) is 13.1 Å². The molecule has 116 valence electrons. The number of hydrogen-bond donors (Lipinski definition) is 2. The highest BCUT2D eigenvalue weighted by molar-refractivity contribution is 7.89. The van der Waals surface area contributed by atoms with Crippen LogP contribution in [0.4, 0.5) is 11.4 Å². The number of anilines is 1. The van der Waals surface area contributed by atoms with Gasteiger partial charge in [0.2, 0.25) is 10.0 Å². The summed E-state index contributed by atoms with van der Waals surface area (Å²) in [5.74, 6) is 5.48. The lowest BCUT2D eigenvalue weighted by atomic mass is 10.0. The number of hydrazine groups is 1. The van der Waals surface area contributed by atoms with Crippen LogP contribution in [0.2, 0.25) is 0 Å². The molecule has 1 fully saturated rings. The van der Waals surface area contributed by atoms with E-state index < -0.39 is 20.6 Å². The van der Waals surface area contributed by atoms with Gasteiger partial charge in [-0.2, -0.15) is 4.31 Å². The molecule has 0 bridgehead atoms. The van der Waals surface area contributed by atoms with Crippen LogP contribution in [0, 0.1) is 16.0 Å². The number of piperidine rings is 1. The Labute approximate surface area is 123 Å². The Kier molecular flexibility index (Phi) is 4.45. The van der Waals surface area contributed by atoms with E-state index in [1.807, 2.05) is 6.92 Å². The molecule has 0 saturated carbocycles. The topological polar surface area (TPSA) is 119 Å². The fourth-order valence-electron chi connectivity index (χ4n) is 2.54. The zero-order valence-electron chi connectivity index (χ0n) is 11.7. The zero-order valence-corrected chi connectivity index (χ0v) is 12.5. The van der Waals surface area contributed by atoms with Gasteiger partial charge in [-0.05, 0) is 30.9 Å². The Morgan fingerprint density at radius 2 is 2.19 bits per heavy atom. The Balaban J connectivity index is 2.52. The van der Waals surface area contributed by atoms with Crippen LogP contribution in [-0.2, 0) is 10.0 Å². The third kappa shape index (κ3) is 2.99. The molecule has 1 aromatic carbocycles. The third-order valence-corrected chi connectivity index (χ3v) is 5.47. The van der Waals surface area contributed by atoms with Crippen molar-refractivity contribution in [3.8, 4) is 0 Å². The molecule has 0 amide bonds. The lowest BCUT2D eigenvalue weighted by Crippen LogP contribution is -2.39. The summed E-state index contributed by atoms with van der Waals surface area (Å²) in [5, 5.41) is 11.2. The van der Waals surface area contributed by atoms with E-state index in [1.54, 1.807) is 0 Å². The number of nitro groups is 1. The molecule has 8 nitrogen and oxygen atoms in total. The number of hydrogen-bond acceptors (Lipinski definition) is 6. The zero-order chi connectivity index (χ0) is 15.6. The minimum absolute atomic E-state index is 0.0221. The number of rotatable bonds is 4. The van der Waals surface area contributed by atoms with E-state index in [-0.39, 0.29) is 16.5 Å². The van der Waals surface area contributed by atoms with Crippen LogP contribution in [0.3, 0.4) is 0 Å². The normalized spacial score (nSPS) is 20.2. The average molecular weight is 314 g/mol. The molecule has 21 heavy (non-hydrogen) atoms. The van der Waals surface area contributed by atoms with Gasteiger partial charge >= 0.3 is 5.69 Å². The first-order valence-corrected chi connectivity index (χ1v) is 8.06. The summed E-state index contributed by atoms with van der Waals surface area (Å²) in [5.41, 5.74) is 1.64. The summed E-state index contributed by atoms with van der Waals surface area (Å²) in [6.07, 6.45) is 1.71. The van der Waals surface area contributed by atoms with Crippen molar-refractivity contribution in [2.45, 2.75) is 24.7 Å².